The number of aromatic nitrogens is 1. The van der Waals surface area contributed by atoms with E-state index >= 15 is 0 Å². The maximum atomic E-state index is 13.8. The molecule has 0 unspecified atom stereocenters. The molecule has 2 aromatic rings. The summed E-state index contributed by atoms with van der Waals surface area (Å²) < 4.78 is 13.8. The lowest BCUT2D eigenvalue weighted by molar-refractivity contribution is 0.627. The number of benzene rings is 1. The van der Waals surface area contributed by atoms with E-state index < -0.39 is 0 Å². The van der Waals surface area contributed by atoms with Crippen LogP contribution in [0, 0.1) is 12.7 Å². The highest BCUT2D eigenvalue weighted by Crippen LogP contribution is 2.28. The fourth-order valence-electron chi connectivity index (χ4n) is 1.90. The second-order valence-electron chi connectivity index (χ2n) is 4.17. The average molecular weight is 245 g/mol. The molecule has 2 rings (SSSR count). The summed E-state index contributed by atoms with van der Waals surface area (Å²) >= 11 is 0. The highest BCUT2D eigenvalue weighted by molar-refractivity contribution is 5.66. The number of nitrogens with zero attached hydrogens (tertiary/aromatic N) is 2. The number of anilines is 2. The van der Waals surface area contributed by atoms with Gasteiger partial charge in [0.15, 0.2) is 0 Å². The smallest absolute Gasteiger partial charge is 0.146 e. The first-order valence-electron chi connectivity index (χ1n) is 5.77. The van der Waals surface area contributed by atoms with E-state index in [2.05, 4.69) is 4.98 Å². The van der Waals surface area contributed by atoms with Gasteiger partial charge in [-0.1, -0.05) is 12.1 Å². The standard InChI is InChI=1S/C14H16FN3/c1-10-7-14(11(8-16)9-17-10)18(2)13-6-4-3-5-12(13)15/h3-7,9H,8,16H2,1-2H3. The highest BCUT2D eigenvalue weighted by Gasteiger charge is 2.12. The van der Waals surface area contributed by atoms with Crippen LogP contribution < -0.4 is 10.6 Å². The molecule has 0 radical (unpaired) electrons. The fraction of sp³-hybridized carbons (Fsp3) is 0.214. The first-order chi connectivity index (χ1) is 8.63. The monoisotopic (exact) mass is 245 g/mol. The second kappa shape index (κ2) is 5.14. The molecule has 94 valence electrons. The molecule has 0 aliphatic heterocycles. The molecule has 1 aromatic heterocycles. The fourth-order valence-corrected chi connectivity index (χ4v) is 1.90. The van der Waals surface area contributed by atoms with E-state index in [0.717, 1.165) is 16.9 Å². The number of para-hydroxylation sites is 1. The average Bonchev–Trinajstić information content (AvgIpc) is 2.38. The Hall–Kier alpha value is -1.94. The van der Waals surface area contributed by atoms with Crippen LogP contribution >= 0.6 is 0 Å². The third kappa shape index (κ3) is 2.33. The zero-order valence-electron chi connectivity index (χ0n) is 10.5. The summed E-state index contributed by atoms with van der Waals surface area (Å²) in [4.78, 5) is 6.01. The van der Waals surface area contributed by atoms with Crippen molar-refractivity contribution in [2.45, 2.75) is 13.5 Å². The number of rotatable bonds is 3. The predicted molar refractivity (Wildman–Crippen MR) is 71.3 cm³/mol. The SMILES string of the molecule is Cc1cc(N(C)c2ccccc2F)c(CN)cn1. The third-order valence-electron chi connectivity index (χ3n) is 2.89. The van der Waals surface area contributed by atoms with Gasteiger partial charge in [-0.3, -0.25) is 4.98 Å². The number of nitrogens with two attached hydrogens (primary N) is 1. The van der Waals surface area contributed by atoms with Crippen molar-refractivity contribution in [2.75, 3.05) is 11.9 Å². The Morgan fingerprint density at radius 2 is 2.00 bits per heavy atom. The lowest BCUT2D eigenvalue weighted by Crippen LogP contribution is -2.15. The van der Waals surface area contributed by atoms with Gasteiger partial charge in [-0.15, -0.1) is 0 Å². The van der Waals surface area contributed by atoms with Gasteiger partial charge >= 0.3 is 0 Å². The zero-order chi connectivity index (χ0) is 13.1. The van der Waals surface area contributed by atoms with Crippen LogP contribution in [0.4, 0.5) is 15.8 Å². The molecule has 0 aliphatic carbocycles. The Morgan fingerprint density at radius 1 is 1.28 bits per heavy atom. The normalized spacial score (nSPS) is 10.4. The Kier molecular flexibility index (Phi) is 3.58. The van der Waals surface area contributed by atoms with Gasteiger partial charge in [0.1, 0.15) is 5.82 Å². The Balaban J connectivity index is 2.48. The van der Waals surface area contributed by atoms with Gasteiger partial charge in [-0.2, -0.15) is 0 Å². The Labute approximate surface area is 106 Å². The van der Waals surface area contributed by atoms with E-state index in [1.807, 2.05) is 26.1 Å². The molecule has 0 aliphatic rings. The maximum absolute atomic E-state index is 13.8. The summed E-state index contributed by atoms with van der Waals surface area (Å²) in [5.74, 6) is -0.252. The molecule has 0 bridgehead atoms. The van der Waals surface area contributed by atoms with Crippen LogP contribution in [-0.2, 0) is 6.54 Å². The number of halogens is 1. The molecule has 3 nitrogen and oxygen atoms in total. The molecular weight excluding hydrogens is 229 g/mol. The lowest BCUT2D eigenvalue weighted by atomic mass is 10.1. The maximum Gasteiger partial charge on any atom is 0.146 e. The van der Waals surface area contributed by atoms with Gasteiger partial charge in [-0.25, -0.2) is 4.39 Å². The second-order valence-corrected chi connectivity index (χ2v) is 4.17. The van der Waals surface area contributed by atoms with Gasteiger partial charge in [0, 0.05) is 36.7 Å². The number of hydrogen-bond acceptors (Lipinski definition) is 3. The molecule has 1 heterocycles. The van der Waals surface area contributed by atoms with Crippen LogP contribution in [0.25, 0.3) is 0 Å². The molecule has 0 saturated heterocycles. The van der Waals surface area contributed by atoms with Crippen LogP contribution in [-0.4, -0.2) is 12.0 Å². The Bertz CT molecular complexity index is 554. The van der Waals surface area contributed by atoms with Gasteiger partial charge in [0.05, 0.1) is 5.69 Å². The van der Waals surface area contributed by atoms with Crippen molar-refractivity contribution in [1.82, 2.24) is 4.98 Å². The topological polar surface area (TPSA) is 42.1 Å². The molecule has 4 heteroatoms. The van der Waals surface area contributed by atoms with E-state index in [1.165, 1.54) is 6.07 Å². The summed E-state index contributed by atoms with van der Waals surface area (Å²) in [5.41, 5.74) is 8.88. The summed E-state index contributed by atoms with van der Waals surface area (Å²) in [5, 5.41) is 0. The van der Waals surface area contributed by atoms with Crippen LogP contribution in [0.5, 0.6) is 0 Å². The van der Waals surface area contributed by atoms with E-state index in [4.69, 9.17) is 5.73 Å². The minimum atomic E-state index is -0.252. The van der Waals surface area contributed by atoms with Gasteiger partial charge in [0.25, 0.3) is 0 Å². The van der Waals surface area contributed by atoms with Crippen molar-refractivity contribution in [3.8, 4) is 0 Å². The summed E-state index contributed by atoms with van der Waals surface area (Å²) in [6.45, 7) is 2.28. The predicted octanol–water partition coefficient (Wildman–Crippen LogP) is 2.76. The van der Waals surface area contributed by atoms with E-state index in [1.54, 1.807) is 23.2 Å². The van der Waals surface area contributed by atoms with E-state index in [-0.39, 0.29) is 5.82 Å². The molecule has 2 N–H and O–H groups in total. The number of aryl methyl sites for hydroxylation is 1. The number of hydrogen-bond donors (Lipinski definition) is 1. The minimum Gasteiger partial charge on any atom is -0.342 e. The van der Waals surface area contributed by atoms with Crippen LogP contribution in [0.3, 0.4) is 0 Å². The van der Waals surface area contributed by atoms with Gasteiger partial charge in [0.2, 0.25) is 0 Å². The number of pyridine rings is 1. The molecule has 0 amide bonds. The van der Waals surface area contributed by atoms with Crippen molar-refractivity contribution in [3.63, 3.8) is 0 Å². The summed E-state index contributed by atoms with van der Waals surface area (Å²) in [7, 11) is 1.83. The summed E-state index contributed by atoms with van der Waals surface area (Å²) in [6, 6.07) is 8.58. The van der Waals surface area contributed by atoms with Crippen LogP contribution in [0.2, 0.25) is 0 Å². The van der Waals surface area contributed by atoms with Crippen LogP contribution in [0.15, 0.2) is 36.5 Å². The molecule has 0 atom stereocenters. The van der Waals surface area contributed by atoms with Crippen molar-refractivity contribution in [1.29, 1.82) is 0 Å². The third-order valence-corrected chi connectivity index (χ3v) is 2.89. The van der Waals surface area contributed by atoms with Crippen molar-refractivity contribution < 1.29 is 4.39 Å². The molecule has 18 heavy (non-hydrogen) atoms. The van der Waals surface area contributed by atoms with E-state index in [9.17, 15) is 4.39 Å². The molecule has 1 aromatic carbocycles. The molecule has 0 spiro atoms. The summed E-state index contributed by atoms with van der Waals surface area (Å²) in [6.07, 6.45) is 1.74. The van der Waals surface area contributed by atoms with Crippen molar-refractivity contribution >= 4 is 11.4 Å². The molecule has 0 saturated carbocycles. The first kappa shape index (κ1) is 12.5. The largest absolute Gasteiger partial charge is 0.342 e. The zero-order valence-corrected chi connectivity index (χ0v) is 10.5. The Morgan fingerprint density at radius 3 is 2.67 bits per heavy atom. The van der Waals surface area contributed by atoms with Gasteiger partial charge in [-0.05, 0) is 25.1 Å². The van der Waals surface area contributed by atoms with E-state index in [0.29, 0.717) is 12.2 Å². The van der Waals surface area contributed by atoms with Crippen molar-refractivity contribution in [3.05, 3.63) is 53.6 Å². The molecular formula is C14H16FN3. The first-order valence-corrected chi connectivity index (χ1v) is 5.77. The molecule has 0 fully saturated rings. The van der Waals surface area contributed by atoms with Gasteiger partial charge < -0.3 is 10.6 Å². The van der Waals surface area contributed by atoms with Crippen molar-refractivity contribution in [2.24, 2.45) is 5.73 Å². The van der Waals surface area contributed by atoms with Crippen LogP contribution in [0.1, 0.15) is 11.3 Å². The minimum absolute atomic E-state index is 0.252. The highest BCUT2D eigenvalue weighted by atomic mass is 19.1. The lowest BCUT2D eigenvalue weighted by Gasteiger charge is -2.22. The quantitative estimate of drug-likeness (QED) is 0.904.